The average Bonchev–Trinajstić information content (AvgIpc) is 2.66. The highest BCUT2D eigenvalue weighted by atomic mass is 32.2. The van der Waals surface area contributed by atoms with Gasteiger partial charge in [-0.05, 0) is 60.1 Å². The van der Waals surface area contributed by atoms with Gasteiger partial charge in [-0.3, -0.25) is 13.9 Å². The van der Waals surface area contributed by atoms with Crippen molar-refractivity contribution in [3.05, 3.63) is 0 Å². The second-order valence-corrected chi connectivity index (χ2v) is 15.0. The van der Waals surface area contributed by atoms with Crippen LogP contribution in [0.3, 0.4) is 0 Å². The van der Waals surface area contributed by atoms with Crippen molar-refractivity contribution in [3.63, 3.8) is 0 Å². The number of thioether (sulfide) groups is 1. The van der Waals surface area contributed by atoms with Crippen LogP contribution < -0.4 is 5.32 Å². The molecule has 0 saturated carbocycles. The highest BCUT2D eigenvalue weighted by Crippen LogP contribution is 2.56. The number of ether oxygens (including phenoxy) is 1. The van der Waals surface area contributed by atoms with Crippen LogP contribution in [0.4, 0.5) is 0 Å². The van der Waals surface area contributed by atoms with E-state index in [4.69, 9.17) is 13.8 Å². The molecule has 1 amide bonds. The summed E-state index contributed by atoms with van der Waals surface area (Å²) in [5.74, 6) is 0.887. The van der Waals surface area contributed by atoms with Gasteiger partial charge in [0.2, 0.25) is 5.91 Å². The molecule has 2 unspecified atom stereocenters. The van der Waals surface area contributed by atoms with Gasteiger partial charge in [-0.1, -0.05) is 12.8 Å². The van der Waals surface area contributed by atoms with Crippen LogP contribution >= 0.6 is 27.0 Å². The third-order valence-corrected chi connectivity index (χ3v) is 9.59. The van der Waals surface area contributed by atoms with Crippen molar-refractivity contribution in [1.29, 1.82) is 0 Å². The summed E-state index contributed by atoms with van der Waals surface area (Å²) in [6.07, 6.45) is 6.01. The van der Waals surface area contributed by atoms with Crippen molar-refractivity contribution in [1.82, 2.24) is 5.32 Å². The summed E-state index contributed by atoms with van der Waals surface area (Å²) in [6, 6.07) is 0. The second-order valence-electron chi connectivity index (χ2n) is 9.03. The molecule has 3 N–H and O–H groups in total. The fraction of sp³-hybridized carbons (Fsp3) is 0.950. The maximum atomic E-state index is 12.5. The molecule has 192 valence electrons. The van der Waals surface area contributed by atoms with Crippen LogP contribution in [0.25, 0.3) is 0 Å². The minimum atomic E-state index is -4.01. The van der Waals surface area contributed by atoms with Crippen LogP contribution in [0.2, 0.25) is 0 Å². The molecule has 9 nitrogen and oxygen atoms in total. The first-order valence-electron chi connectivity index (χ1n) is 11.0. The van der Waals surface area contributed by atoms with Crippen LogP contribution in [-0.4, -0.2) is 64.6 Å². The van der Waals surface area contributed by atoms with Gasteiger partial charge < -0.3 is 28.9 Å². The Labute approximate surface area is 197 Å². The molecule has 0 rings (SSSR count). The predicted octanol–water partition coefficient (Wildman–Crippen LogP) is 4.76. The molecule has 0 heterocycles. The Balaban J connectivity index is 4.02. The fourth-order valence-electron chi connectivity index (χ4n) is 2.28. The Hall–Kier alpha value is 0.0800. The molecule has 0 saturated heterocycles. The van der Waals surface area contributed by atoms with Crippen LogP contribution in [-0.2, 0) is 27.7 Å². The summed E-state index contributed by atoms with van der Waals surface area (Å²) in [7, 11) is -7.75. The largest absolute Gasteiger partial charge is 0.363 e. The molecule has 0 aromatic carbocycles. The van der Waals surface area contributed by atoms with Gasteiger partial charge in [-0.15, -0.1) is 0 Å². The van der Waals surface area contributed by atoms with E-state index < -0.39 is 25.7 Å². The topological polar surface area (TPSA) is 131 Å². The number of carbonyl (C=O) groups is 1. The number of amides is 1. The number of nitrogens with one attached hydrogen (secondary N) is 1. The van der Waals surface area contributed by atoms with Gasteiger partial charge in [0, 0.05) is 18.7 Å². The van der Waals surface area contributed by atoms with E-state index in [1.807, 2.05) is 6.26 Å². The van der Waals surface area contributed by atoms with Gasteiger partial charge in [0.1, 0.15) is 0 Å². The van der Waals surface area contributed by atoms with E-state index >= 15 is 0 Å². The standard InChI is InChI=1S/C20H43NO8P2S/c1-19(2,3)30(23,24)28-16-11-14-27-20(4,5)31(25,26)29-15-10-8-7-9-13-21-18(22)12-17-32-6/h7-17H2,1-6H3,(H,21,22)(H,23,24)(H,25,26). The van der Waals surface area contributed by atoms with Crippen molar-refractivity contribution in [2.24, 2.45) is 0 Å². The molecule has 12 heteroatoms. The van der Waals surface area contributed by atoms with Crippen molar-refractivity contribution >= 4 is 32.9 Å². The molecule has 0 aliphatic carbocycles. The van der Waals surface area contributed by atoms with Gasteiger partial charge in [0.15, 0.2) is 5.34 Å². The molecule has 32 heavy (non-hydrogen) atoms. The zero-order chi connectivity index (χ0) is 24.9. The van der Waals surface area contributed by atoms with Gasteiger partial charge >= 0.3 is 15.2 Å². The zero-order valence-corrected chi connectivity index (χ0v) is 23.0. The Morgan fingerprint density at radius 3 is 2.03 bits per heavy atom. The normalized spacial score (nSPS) is 16.4. The highest BCUT2D eigenvalue weighted by Gasteiger charge is 2.42. The molecule has 0 aromatic heterocycles. The molecule has 0 aliphatic rings. The van der Waals surface area contributed by atoms with E-state index in [2.05, 4.69) is 5.32 Å². The number of hydrogen-bond donors (Lipinski definition) is 3. The molecule has 2 atom stereocenters. The lowest BCUT2D eigenvalue weighted by Crippen LogP contribution is -2.27. The first-order valence-corrected chi connectivity index (χ1v) is 15.6. The summed E-state index contributed by atoms with van der Waals surface area (Å²) < 4.78 is 40.4. The monoisotopic (exact) mass is 519 g/mol. The van der Waals surface area contributed by atoms with E-state index in [1.54, 1.807) is 32.5 Å². The van der Waals surface area contributed by atoms with Crippen molar-refractivity contribution in [3.8, 4) is 0 Å². The first-order chi connectivity index (χ1) is 14.7. The van der Waals surface area contributed by atoms with Crippen molar-refractivity contribution in [2.75, 3.05) is 38.4 Å². The minimum absolute atomic E-state index is 0.00966. The summed E-state index contributed by atoms with van der Waals surface area (Å²) in [5.41, 5.74) is 0. The summed E-state index contributed by atoms with van der Waals surface area (Å²) >= 11 is 1.64. The average molecular weight is 520 g/mol. The van der Waals surface area contributed by atoms with Gasteiger partial charge in [-0.25, -0.2) is 0 Å². The number of carbonyl (C=O) groups excluding carboxylic acids is 1. The van der Waals surface area contributed by atoms with E-state index in [0.29, 0.717) is 25.8 Å². The van der Waals surface area contributed by atoms with Crippen molar-refractivity contribution in [2.45, 2.75) is 83.6 Å². The number of hydrogen-bond acceptors (Lipinski definition) is 7. The molecule has 0 spiro atoms. The first kappa shape index (κ1) is 32.1. The predicted molar refractivity (Wildman–Crippen MR) is 130 cm³/mol. The second kappa shape index (κ2) is 15.2. The summed E-state index contributed by atoms with van der Waals surface area (Å²) in [4.78, 5) is 31.6. The molecular weight excluding hydrogens is 476 g/mol. The summed E-state index contributed by atoms with van der Waals surface area (Å²) in [6.45, 7) is 8.72. The van der Waals surface area contributed by atoms with E-state index in [-0.39, 0.29) is 25.7 Å². The smallest absolute Gasteiger partial charge is 0.359 e. The maximum absolute atomic E-state index is 12.5. The van der Waals surface area contributed by atoms with Crippen molar-refractivity contribution < 1.29 is 37.5 Å². The van der Waals surface area contributed by atoms with Gasteiger partial charge in [0.05, 0.1) is 25.0 Å². The SMILES string of the molecule is CSCCC(=O)NCCCCCCOP(=O)(O)C(C)(C)OCCCOP(=O)(O)C(C)(C)C. The number of unbranched alkanes of at least 4 members (excludes halogenated alkanes) is 3. The third kappa shape index (κ3) is 13.1. The number of rotatable bonds is 18. The van der Waals surface area contributed by atoms with E-state index in [1.165, 1.54) is 13.8 Å². The minimum Gasteiger partial charge on any atom is -0.363 e. The van der Waals surface area contributed by atoms with E-state index in [9.17, 15) is 23.7 Å². The molecule has 0 radical (unpaired) electrons. The van der Waals surface area contributed by atoms with Gasteiger partial charge in [0.25, 0.3) is 0 Å². The molecular formula is C20H43NO8P2S. The van der Waals surface area contributed by atoms with Crippen LogP contribution in [0.1, 0.15) is 73.1 Å². The highest BCUT2D eigenvalue weighted by molar-refractivity contribution is 7.98. The molecule has 0 bridgehead atoms. The zero-order valence-electron chi connectivity index (χ0n) is 20.4. The molecule has 0 fully saturated rings. The van der Waals surface area contributed by atoms with Crippen LogP contribution in [0.5, 0.6) is 0 Å². The Kier molecular flexibility index (Phi) is 15.2. The Morgan fingerprint density at radius 1 is 0.875 bits per heavy atom. The quantitative estimate of drug-likeness (QED) is 0.173. The lowest BCUT2D eigenvalue weighted by atomic mass is 10.2. The lowest BCUT2D eigenvalue weighted by molar-refractivity contribution is -0.120. The maximum Gasteiger partial charge on any atom is 0.359 e. The Morgan fingerprint density at radius 2 is 1.44 bits per heavy atom. The fourth-order valence-corrected chi connectivity index (χ4v) is 4.37. The van der Waals surface area contributed by atoms with Crippen LogP contribution in [0.15, 0.2) is 0 Å². The lowest BCUT2D eigenvalue weighted by Gasteiger charge is -2.30. The molecule has 0 aliphatic heterocycles. The third-order valence-electron chi connectivity index (χ3n) is 4.73. The van der Waals surface area contributed by atoms with Crippen LogP contribution in [0, 0.1) is 0 Å². The molecule has 0 aromatic rings. The Bertz CT molecular complexity index is 640. The van der Waals surface area contributed by atoms with Gasteiger partial charge in [-0.2, -0.15) is 11.8 Å². The van der Waals surface area contributed by atoms with E-state index in [0.717, 1.165) is 25.0 Å². The summed E-state index contributed by atoms with van der Waals surface area (Å²) in [5, 5.41) is 0.600.